The Hall–Kier alpha value is -1.19. The van der Waals surface area contributed by atoms with E-state index in [4.69, 9.17) is 4.74 Å². The number of ketones is 1. The van der Waals surface area contributed by atoms with Gasteiger partial charge in [0.25, 0.3) is 0 Å². The fourth-order valence-electron chi connectivity index (χ4n) is 2.25. The lowest BCUT2D eigenvalue weighted by Crippen LogP contribution is -2.43. The van der Waals surface area contributed by atoms with Crippen molar-refractivity contribution in [2.45, 2.75) is 26.4 Å². The molecule has 1 aromatic carbocycles. The Morgan fingerprint density at radius 1 is 1.39 bits per heavy atom. The molecular weight excluding hydrogens is 226 g/mol. The van der Waals surface area contributed by atoms with Crippen molar-refractivity contribution in [3.8, 4) is 0 Å². The topological polar surface area (TPSA) is 29.5 Å². The van der Waals surface area contributed by atoms with E-state index in [0.717, 1.165) is 31.7 Å². The zero-order valence-electron chi connectivity index (χ0n) is 11.2. The predicted molar refractivity (Wildman–Crippen MR) is 72.0 cm³/mol. The van der Waals surface area contributed by atoms with Crippen LogP contribution in [0, 0.1) is 0 Å². The second kappa shape index (κ2) is 6.12. The summed E-state index contributed by atoms with van der Waals surface area (Å²) in [5, 5.41) is 0. The van der Waals surface area contributed by atoms with E-state index in [9.17, 15) is 4.79 Å². The van der Waals surface area contributed by atoms with Gasteiger partial charge in [-0.3, -0.25) is 9.69 Å². The van der Waals surface area contributed by atoms with Crippen LogP contribution in [0.25, 0.3) is 0 Å². The van der Waals surface area contributed by atoms with Crippen LogP contribution in [0.3, 0.4) is 0 Å². The van der Waals surface area contributed by atoms with E-state index >= 15 is 0 Å². The first kappa shape index (κ1) is 13.2. The average Bonchev–Trinajstić information content (AvgIpc) is 2.39. The Morgan fingerprint density at radius 3 is 2.72 bits per heavy atom. The third-order valence-electron chi connectivity index (χ3n) is 3.38. The minimum Gasteiger partial charge on any atom is -0.376 e. The molecule has 0 spiro atoms. The Morgan fingerprint density at radius 2 is 2.11 bits per heavy atom. The van der Waals surface area contributed by atoms with Crippen LogP contribution < -0.4 is 0 Å². The Bertz CT molecular complexity index is 399. The molecule has 2 rings (SSSR count). The molecule has 1 aromatic rings. The summed E-state index contributed by atoms with van der Waals surface area (Å²) in [6.45, 7) is 7.09. The highest BCUT2D eigenvalue weighted by Gasteiger charge is 2.19. The van der Waals surface area contributed by atoms with Crippen molar-refractivity contribution in [1.29, 1.82) is 0 Å². The Balaban J connectivity index is 1.94. The third-order valence-corrected chi connectivity index (χ3v) is 3.38. The highest BCUT2D eigenvalue weighted by Crippen LogP contribution is 2.09. The molecule has 1 fully saturated rings. The van der Waals surface area contributed by atoms with Gasteiger partial charge in [0.1, 0.15) is 0 Å². The predicted octanol–water partition coefficient (Wildman–Crippen LogP) is 2.15. The molecule has 1 saturated heterocycles. The van der Waals surface area contributed by atoms with Crippen LogP contribution in [-0.4, -0.2) is 43.0 Å². The summed E-state index contributed by atoms with van der Waals surface area (Å²) in [4.78, 5) is 14.3. The average molecular weight is 247 g/mol. The van der Waals surface area contributed by atoms with Gasteiger partial charge >= 0.3 is 0 Å². The van der Waals surface area contributed by atoms with Gasteiger partial charge in [-0.25, -0.2) is 0 Å². The number of hydrogen-bond acceptors (Lipinski definition) is 3. The first-order chi connectivity index (χ1) is 8.69. The van der Waals surface area contributed by atoms with Crippen LogP contribution in [0.2, 0.25) is 0 Å². The van der Waals surface area contributed by atoms with Crippen LogP contribution in [-0.2, 0) is 11.2 Å². The van der Waals surface area contributed by atoms with Crippen LogP contribution in [0.4, 0.5) is 0 Å². The number of aryl methyl sites for hydroxylation is 1. The first-order valence-electron chi connectivity index (χ1n) is 6.65. The summed E-state index contributed by atoms with van der Waals surface area (Å²) >= 11 is 0. The maximum absolute atomic E-state index is 12.1. The number of rotatable bonds is 4. The van der Waals surface area contributed by atoms with Crippen molar-refractivity contribution in [2.24, 2.45) is 0 Å². The zero-order chi connectivity index (χ0) is 13.0. The number of nitrogens with zero attached hydrogens (tertiary/aromatic N) is 1. The number of morpholine rings is 1. The lowest BCUT2D eigenvalue weighted by Gasteiger charge is -2.30. The summed E-state index contributed by atoms with van der Waals surface area (Å²) in [6, 6.07) is 7.94. The number of carbonyl (C=O) groups is 1. The van der Waals surface area contributed by atoms with Crippen molar-refractivity contribution in [3.05, 3.63) is 35.4 Å². The summed E-state index contributed by atoms with van der Waals surface area (Å²) in [6.07, 6.45) is 1.24. The Kier molecular flexibility index (Phi) is 4.50. The van der Waals surface area contributed by atoms with E-state index in [0.29, 0.717) is 6.54 Å². The number of carbonyl (C=O) groups excluding carboxylic acids is 1. The minimum absolute atomic E-state index is 0.201. The molecule has 0 aliphatic carbocycles. The van der Waals surface area contributed by atoms with Gasteiger partial charge in [0, 0.05) is 18.7 Å². The molecule has 0 radical (unpaired) electrons. The fraction of sp³-hybridized carbons (Fsp3) is 0.533. The van der Waals surface area contributed by atoms with Crippen molar-refractivity contribution in [2.75, 3.05) is 26.2 Å². The molecule has 0 bridgehead atoms. The van der Waals surface area contributed by atoms with Gasteiger partial charge < -0.3 is 4.74 Å². The SMILES string of the molecule is CCc1ccc(C(=O)CN2CCOC(C)C2)cc1. The highest BCUT2D eigenvalue weighted by molar-refractivity contribution is 5.97. The quantitative estimate of drug-likeness (QED) is 0.764. The van der Waals surface area contributed by atoms with Crippen LogP contribution in [0.5, 0.6) is 0 Å². The van der Waals surface area contributed by atoms with E-state index < -0.39 is 0 Å². The molecule has 1 unspecified atom stereocenters. The van der Waals surface area contributed by atoms with Gasteiger partial charge in [-0.15, -0.1) is 0 Å². The number of Topliss-reactive ketones (excluding diaryl/α,β-unsaturated/α-hetero) is 1. The molecule has 0 aromatic heterocycles. The van der Waals surface area contributed by atoms with Crippen molar-refractivity contribution in [3.63, 3.8) is 0 Å². The maximum atomic E-state index is 12.1. The molecule has 1 atom stereocenters. The number of ether oxygens (including phenoxy) is 1. The maximum Gasteiger partial charge on any atom is 0.176 e. The highest BCUT2D eigenvalue weighted by atomic mass is 16.5. The van der Waals surface area contributed by atoms with Gasteiger partial charge in [-0.05, 0) is 18.9 Å². The fourth-order valence-corrected chi connectivity index (χ4v) is 2.25. The van der Waals surface area contributed by atoms with Gasteiger partial charge in [0.05, 0.1) is 19.3 Å². The zero-order valence-corrected chi connectivity index (χ0v) is 11.2. The van der Waals surface area contributed by atoms with E-state index in [1.807, 2.05) is 31.2 Å². The minimum atomic E-state index is 0.201. The molecule has 3 nitrogen and oxygen atoms in total. The third kappa shape index (κ3) is 3.40. The van der Waals surface area contributed by atoms with E-state index in [1.54, 1.807) is 0 Å². The van der Waals surface area contributed by atoms with Crippen LogP contribution in [0.15, 0.2) is 24.3 Å². The summed E-state index contributed by atoms with van der Waals surface area (Å²) in [5.74, 6) is 0.201. The number of hydrogen-bond donors (Lipinski definition) is 0. The van der Waals surface area contributed by atoms with E-state index in [-0.39, 0.29) is 11.9 Å². The standard InChI is InChI=1S/C15H21NO2/c1-3-13-4-6-14(7-5-13)15(17)11-16-8-9-18-12(2)10-16/h4-7,12H,3,8-11H2,1-2H3. The molecule has 1 aliphatic heterocycles. The molecular formula is C15H21NO2. The second-order valence-electron chi connectivity index (χ2n) is 4.89. The first-order valence-corrected chi connectivity index (χ1v) is 6.65. The normalized spacial score (nSPS) is 20.9. The molecule has 0 saturated carbocycles. The van der Waals surface area contributed by atoms with Gasteiger partial charge in [-0.1, -0.05) is 31.2 Å². The van der Waals surface area contributed by atoms with Crippen LogP contribution >= 0.6 is 0 Å². The lowest BCUT2D eigenvalue weighted by molar-refractivity contribution is -0.0158. The molecule has 0 N–H and O–H groups in total. The van der Waals surface area contributed by atoms with Gasteiger partial charge in [0.15, 0.2) is 5.78 Å². The van der Waals surface area contributed by atoms with E-state index in [1.165, 1.54) is 5.56 Å². The summed E-state index contributed by atoms with van der Waals surface area (Å²) in [5.41, 5.74) is 2.08. The smallest absolute Gasteiger partial charge is 0.176 e. The van der Waals surface area contributed by atoms with Gasteiger partial charge in [-0.2, -0.15) is 0 Å². The molecule has 18 heavy (non-hydrogen) atoms. The van der Waals surface area contributed by atoms with Crippen molar-refractivity contribution < 1.29 is 9.53 Å². The van der Waals surface area contributed by atoms with Crippen molar-refractivity contribution in [1.82, 2.24) is 4.90 Å². The summed E-state index contributed by atoms with van der Waals surface area (Å²) < 4.78 is 5.47. The molecule has 3 heteroatoms. The molecule has 0 amide bonds. The largest absolute Gasteiger partial charge is 0.376 e. The van der Waals surface area contributed by atoms with Crippen LogP contribution in [0.1, 0.15) is 29.8 Å². The van der Waals surface area contributed by atoms with E-state index in [2.05, 4.69) is 11.8 Å². The number of benzene rings is 1. The lowest BCUT2D eigenvalue weighted by atomic mass is 10.1. The molecule has 1 aliphatic rings. The monoisotopic (exact) mass is 247 g/mol. The second-order valence-corrected chi connectivity index (χ2v) is 4.89. The van der Waals surface area contributed by atoms with Crippen molar-refractivity contribution >= 4 is 5.78 Å². The Labute approximate surface area is 109 Å². The summed E-state index contributed by atoms with van der Waals surface area (Å²) in [7, 11) is 0. The van der Waals surface area contributed by atoms with Gasteiger partial charge in [0.2, 0.25) is 0 Å². The molecule has 1 heterocycles. The molecule has 98 valence electrons.